The van der Waals surface area contributed by atoms with Gasteiger partial charge in [-0.2, -0.15) is 0 Å². The third kappa shape index (κ3) is 3.54. The number of benzene rings is 1. The molecule has 0 aromatic heterocycles. The van der Waals surface area contributed by atoms with Crippen LogP contribution in [0.15, 0.2) is 43.0 Å². The van der Waals surface area contributed by atoms with Crippen LogP contribution in [0.2, 0.25) is 0 Å². The monoisotopic (exact) mass is 244 g/mol. The smallest absolute Gasteiger partial charge is 0.165 e. The van der Waals surface area contributed by atoms with E-state index in [0.29, 0.717) is 6.42 Å². The summed E-state index contributed by atoms with van der Waals surface area (Å²) >= 11 is 0. The summed E-state index contributed by atoms with van der Waals surface area (Å²) in [6.07, 6.45) is 6.83. The van der Waals surface area contributed by atoms with Crippen LogP contribution in [0.5, 0.6) is 0 Å². The number of carbonyl (C=O) groups excluding carboxylic acids is 1. The molecule has 2 atom stereocenters. The molecule has 0 amide bonds. The summed E-state index contributed by atoms with van der Waals surface area (Å²) in [5.74, 6) is 0.180. The molecule has 1 fully saturated rings. The van der Waals surface area contributed by atoms with Crippen LogP contribution in [-0.2, 0) is 4.74 Å². The van der Waals surface area contributed by atoms with E-state index in [-0.39, 0.29) is 18.0 Å². The van der Waals surface area contributed by atoms with E-state index in [0.717, 1.165) is 31.2 Å². The summed E-state index contributed by atoms with van der Waals surface area (Å²) in [7, 11) is 0. The Morgan fingerprint density at radius 2 is 2.00 bits per heavy atom. The van der Waals surface area contributed by atoms with Crippen molar-refractivity contribution in [2.24, 2.45) is 0 Å². The third-order valence-electron chi connectivity index (χ3n) is 3.38. The predicted molar refractivity (Wildman–Crippen MR) is 72.7 cm³/mol. The number of ketones is 1. The van der Waals surface area contributed by atoms with Crippen LogP contribution in [0.25, 0.3) is 0 Å². The van der Waals surface area contributed by atoms with E-state index in [4.69, 9.17) is 4.74 Å². The molecule has 1 aliphatic heterocycles. The molecule has 1 aromatic carbocycles. The van der Waals surface area contributed by atoms with E-state index in [9.17, 15) is 4.79 Å². The first-order chi connectivity index (χ1) is 8.79. The van der Waals surface area contributed by atoms with E-state index >= 15 is 0 Å². The van der Waals surface area contributed by atoms with Crippen LogP contribution >= 0.6 is 0 Å². The number of carbonyl (C=O) groups is 1. The highest BCUT2D eigenvalue weighted by atomic mass is 16.5. The van der Waals surface area contributed by atoms with Gasteiger partial charge < -0.3 is 4.74 Å². The first-order valence-corrected chi connectivity index (χ1v) is 6.64. The van der Waals surface area contributed by atoms with Crippen molar-refractivity contribution in [3.05, 3.63) is 48.6 Å². The van der Waals surface area contributed by atoms with Gasteiger partial charge in [0.2, 0.25) is 0 Å². The lowest BCUT2D eigenvalue weighted by atomic mass is 9.97. The second kappa shape index (κ2) is 6.50. The first kappa shape index (κ1) is 13.0. The lowest BCUT2D eigenvalue weighted by Gasteiger charge is -2.29. The van der Waals surface area contributed by atoms with E-state index in [1.807, 2.05) is 36.4 Å². The molecule has 1 saturated heterocycles. The third-order valence-corrected chi connectivity index (χ3v) is 3.38. The highest BCUT2D eigenvalue weighted by molar-refractivity contribution is 5.96. The molecule has 0 N–H and O–H groups in total. The van der Waals surface area contributed by atoms with Crippen molar-refractivity contribution < 1.29 is 9.53 Å². The molecule has 1 heterocycles. The van der Waals surface area contributed by atoms with Crippen molar-refractivity contribution in [2.75, 3.05) is 0 Å². The molecule has 96 valence electrons. The minimum absolute atomic E-state index is 0.0800. The fraction of sp³-hybridized carbons (Fsp3) is 0.438. The maximum Gasteiger partial charge on any atom is 0.165 e. The van der Waals surface area contributed by atoms with Gasteiger partial charge in [0.1, 0.15) is 0 Å². The van der Waals surface area contributed by atoms with E-state index < -0.39 is 0 Å². The van der Waals surface area contributed by atoms with Gasteiger partial charge >= 0.3 is 0 Å². The molecular formula is C16H20O2. The predicted octanol–water partition coefficient (Wildman–Crippen LogP) is 3.77. The Morgan fingerprint density at radius 3 is 2.72 bits per heavy atom. The molecule has 0 aliphatic carbocycles. The molecule has 0 bridgehead atoms. The molecule has 0 spiro atoms. The number of rotatable bonds is 5. The minimum atomic E-state index is 0.0800. The van der Waals surface area contributed by atoms with E-state index in [1.54, 1.807) is 0 Å². The Hall–Kier alpha value is -1.41. The Labute approximate surface area is 109 Å². The summed E-state index contributed by atoms with van der Waals surface area (Å²) < 4.78 is 5.93. The topological polar surface area (TPSA) is 26.3 Å². The number of hydrogen-bond acceptors (Lipinski definition) is 2. The van der Waals surface area contributed by atoms with Crippen molar-refractivity contribution in [3.8, 4) is 0 Å². The van der Waals surface area contributed by atoms with Gasteiger partial charge in [0, 0.05) is 12.0 Å². The zero-order chi connectivity index (χ0) is 12.8. The first-order valence-electron chi connectivity index (χ1n) is 6.64. The van der Waals surface area contributed by atoms with Crippen molar-refractivity contribution in [1.82, 2.24) is 0 Å². The average molecular weight is 244 g/mol. The number of hydrogen-bond donors (Lipinski definition) is 0. The normalized spacial score (nSPS) is 23.6. The average Bonchev–Trinajstić information content (AvgIpc) is 2.40. The molecule has 1 aromatic rings. The molecule has 0 radical (unpaired) electrons. The molecule has 2 nitrogen and oxygen atoms in total. The maximum absolute atomic E-state index is 12.1. The molecule has 1 aliphatic rings. The molecular weight excluding hydrogens is 224 g/mol. The van der Waals surface area contributed by atoms with Gasteiger partial charge in [-0.15, -0.1) is 6.58 Å². The second-order valence-electron chi connectivity index (χ2n) is 4.83. The lowest BCUT2D eigenvalue weighted by molar-refractivity contribution is -0.0469. The van der Waals surface area contributed by atoms with Crippen molar-refractivity contribution >= 4 is 5.78 Å². The highest BCUT2D eigenvalue weighted by Gasteiger charge is 2.23. The summed E-state index contributed by atoms with van der Waals surface area (Å²) in [6.45, 7) is 3.74. The fourth-order valence-electron chi connectivity index (χ4n) is 2.44. The fourth-order valence-corrected chi connectivity index (χ4v) is 2.44. The SMILES string of the molecule is C=CC[C@@H]1CCC[C@H](CC(=O)c2ccccc2)O1. The molecule has 18 heavy (non-hydrogen) atoms. The van der Waals surface area contributed by atoms with Gasteiger partial charge in [-0.3, -0.25) is 4.79 Å². The van der Waals surface area contributed by atoms with Gasteiger partial charge in [-0.1, -0.05) is 36.4 Å². The van der Waals surface area contributed by atoms with Gasteiger partial charge in [-0.05, 0) is 25.7 Å². The van der Waals surface area contributed by atoms with Gasteiger partial charge in [0.05, 0.1) is 12.2 Å². The minimum Gasteiger partial charge on any atom is -0.374 e. The Balaban J connectivity index is 1.89. The summed E-state index contributed by atoms with van der Waals surface area (Å²) in [4.78, 5) is 12.1. The second-order valence-corrected chi connectivity index (χ2v) is 4.83. The van der Waals surface area contributed by atoms with Crippen molar-refractivity contribution in [2.45, 2.75) is 44.3 Å². The highest BCUT2D eigenvalue weighted by Crippen LogP contribution is 2.24. The maximum atomic E-state index is 12.1. The summed E-state index contributed by atoms with van der Waals surface area (Å²) in [6, 6.07) is 9.46. The number of ether oxygens (including phenoxy) is 1. The Kier molecular flexibility index (Phi) is 4.71. The van der Waals surface area contributed by atoms with E-state index in [2.05, 4.69) is 6.58 Å². The quantitative estimate of drug-likeness (QED) is 0.582. The van der Waals surface area contributed by atoms with Gasteiger partial charge in [0.15, 0.2) is 5.78 Å². The molecule has 2 heteroatoms. The molecule has 2 rings (SSSR count). The van der Waals surface area contributed by atoms with Crippen LogP contribution in [0, 0.1) is 0 Å². The zero-order valence-electron chi connectivity index (χ0n) is 10.7. The molecule has 0 saturated carbocycles. The number of Topliss-reactive ketones (excluding diaryl/α,β-unsaturated/α-hetero) is 1. The van der Waals surface area contributed by atoms with E-state index in [1.165, 1.54) is 0 Å². The van der Waals surface area contributed by atoms with Crippen LogP contribution in [0.1, 0.15) is 42.5 Å². The standard InChI is InChI=1S/C16H20O2/c1-2-7-14-10-6-11-15(18-14)12-16(17)13-8-4-3-5-9-13/h2-5,8-9,14-15H,1,6-7,10-12H2/t14-,15-/m1/s1. The van der Waals surface area contributed by atoms with Crippen LogP contribution in [-0.4, -0.2) is 18.0 Å². The zero-order valence-corrected chi connectivity index (χ0v) is 10.7. The van der Waals surface area contributed by atoms with Crippen molar-refractivity contribution in [1.29, 1.82) is 0 Å². The molecule has 0 unspecified atom stereocenters. The van der Waals surface area contributed by atoms with Crippen molar-refractivity contribution in [3.63, 3.8) is 0 Å². The lowest BCUT2D eigenvalue weighted by Crippen LogP contribution is -2.29. The van der Waals surface area contributed by atoms with Crippen LogP contribution < -0.4 is 0 Å². The Morgan fingerprint density at radius 1 is 1.28 bits per heavy atom. The van der Waals surface area contributed by atoms with Gasteiger partial charge in [-0.25, -0.2) is 0 Å². The summed E-state index contributed by atoms with van der Waals surface area (Å²) in [5, 5.41) is 0. The largest absolute Gasteiger partial charge is 0.374 e. The van der Waals surface area contributed by atoms with Crippen LogP contribution in [0.3, 0.4) is 0 Å². The Bertz CT molecular complexity index is 397. The summed E-state index contributed by atoms with van der Waals surface area (Å²) in [5.41, 5.74) is 0.784. The van der Waals surface area contributed by atoms with Gasteiger partial charge in [0.25, 0.3) is 0 Å². The van der Waals surface area contributed by atoms with Crippen LogP contribution in [0.4, 0.5) is 0 Å².